The molecule has 1 aromatic carbocycles. The lowest BCUT2D eigenvalue weighted by molar-refractivity contribution is 0.0589. The van der Waals surface area contributed by atoms with Crippen LogP contribution >= 0.6 is 11.6 Å². The highest BCUT2D eigenvalue weighted by Crippen LogP contribution is 2.22. The molecule has 0 atom stereocenters. The second-order valence-electron chi connectivity index (χ2n) is 6.06. The summed E-state index contributed by atoms with van der Waals surface area (Å²) >= 11 is 5.87. The van der Waals surface area contributed by atoms with Crippen molar-refractivity contribution in [1.29, 1.82) is 5.26 Å². The second kappa shape index (κ2) is 7.54. The summed E-state index contributed by atoms with van der Waals surface area (Å²) in [5.74, 6) is 0.700. The van der Waals surface area contributed by atoms with Crippen LogP contribution < -0.4 is 4.74 Å². The lowest BCUT2D eigenvalue weighted by Crippen LogP contribution is -2.42. The maximum absolute atomic E-state index is 12.6. The lowest BCUT2D eigenvalue weighted by atomic mass is 10.1. The van der Waals surface area contributed by atoms with Crippen molar-refractivity contribution in [1.82, 2.24) is 9.88 Å². The number of hydrogen-bond donors (Lipinski definition) is 0. The fraction of sp³-hybridized carbons (Fsp3) is 0.316. The van der Waals surface area contributed by atoms with Gasteiger partial charge in [-0.1, -0.05) is 11.6 Å². The molecule has 6 heteroatoms. The van der Waals surface area contributed by atoms with Gasteiger partial charge in [-0.3, -0.25) is 4.79 Å². The van der Waals surface area contributed by atoms with Crippen LogP contribution in [0.2, 0.25) is 5.02 Å². The number of carbonyl (C=O) groups is 1. The lowest BCUT2D eigenvalue weighted by Gasteiger charge is -2.32. The molecule has 5 nitrogen and oxygen atoms in total. The highest BCUT2D eigenvalue weighted by atomic mass is 35.5. The van der Waals surface area contributed by atoms with Gasteiger partial charge in [0.25, 0.3) is 5.91 Å². The summed E-state index contributed by atoms with van der Waals surface area (Å²) in [4.78, 5) is 18.6. The van der Waals surface area contributed by atoms with Crippen LogP contribution in [-0.4, -0.2) is 35.0 Å². The van der Waals surface area contributed by atoms with Gasteiger partial charge < -0.3 is 9.64 Å². The van der Waals surface area contributed by atoms with Crippen molar-refractivity contribution in [2.24, 2.45) is 0 Å². The van der Waals surface area contributed by atoms with Gasteiger partial charge in [-0.25, -0.2) is 4.98 Å². The van der Waals surface area contributed by atoms with E-state index in [0.29, 0.717) is 29.4 Å². The third-order valence-corrected chi connectivity index (χ3v) is 4.51. The van der Waals surface area contributed by atoms with E-state index in [-0.39, 0.29) is 12.0 Å². The molecular formula is C19H18ClN3O2. The first-order valence-corrected chi connectivity index (χ1v) is 8.53. The van der Waals surface area contributed by atoms with Gasteiger partial charge in [-0.05, 0) is 42.8 Å². The minimum atomic E-state index is -0.0908. The van der Waals surface area contributed by atoms with E-state index in [0.717, 1.165) is 24.2 Å². The minimum Gasteiger partial charge on any atom is -0.490 e. The summed E-state index contributed by atoms with van der Waals surface area (Å²) in [6.45, 7) is 3.05. The van der Waals surface area contributed by atoms with Crippen LogP contribution in [0, 0.1) is 18.3 Å². The van der Waals surface area contributed by atoms with Crippen molar-refractivity contribution >= 4 is 17.5 Å². The van der Waals surface area contributed by atoms with Gasteiger partial charge in [0.15, 0.2) is 0 Å². The van der Waals surface area contributed by atoms with Crippen molar-refractivity contribution < 1.29 is 9.53 Å². The Morgan fingerprint density at radius 2 is 2.00 bits per heavy atom. The molecule has 1 saturated heterocycles. The molecule has 0 bridgehead atoms. The van der Waals surface area contributed by atoms with Crippen LogP contribution in [0.4, 0.5) is 0 Å². The SMILES string of the molecule is Cc1cc(C#N)cnc1C(=O)N1CCC(Oc2ccc(Cl)cc2)CC1. The van der Waals surface area contributed by atoms with Crippen LogP contribution in [-0.2, 0) is 0 Å². The number of halogens is 1. The van der Waals surface area contributed by atoms with Gasteiger partial charge in [0, 0.05) is 37.2 Å². The van der Waals surface area contributed by atoms with E-state index in [9.17, 15) is 4.79 Å². The number of carbonyl (C=O) groups excluding carboxylic acids is 1. The molecule has 0 radical (unpaired) electrons. The fourth-order valence-corrected chi connectivity index (χ4v) is 3.02. The van der Waals surface area contributed by atoms with E-state index in [1.807, 2.05) is 18.2 Å². The normalized spacial score (nSPS) is 14.8. The topological polar surface area (TPSA) is 66.2 Å². The number of amides is 1. The van der Waals surface area contributed by atoms with Crippen molar-refractivity contribution in [3.8, 4) is 11.8 Å². The average molecular weight is 356 g/mol. The van der Waals surface area contributed by atoms with Crippen LogP contribution in [0.1, 0.15) is 34.5 Å². The third-order valence-electron chi connectivity index (χ3n) is 4.26. The van der Waals surface area contributed by atoms with Gasteiger partial charge in [0.2, 0.25) is 0 Å². The Bertz CT molecular complexity index is 806. The maximum atomic E-state index is 12.6. The van der Waals surface area contributed by atoms with E-state index >= 15 is 0 Å². The quantitative estimate of drug-likeness (QED) is 0.843. The summed E-state index contributed by atoms with van der Waals surface area (Å²) in [7, 11) is 0. The van der Waals surface area contributed by atoms with Crippen LogP contribution in [0.15, 0.2) is 36.5 Å². The molecule has 2 aromatic rings. The van der Waals surface area contributed by atoms with Gasteiger partial charge in [-0.2, -0.15) is 5.26 Å². The number of hydrogen-bond acceptors (Lipinski definition) is 4. The first-order chi connectivity index (χ1) is 12.1. The predicted molar refractivity (Wildman–Crippen MR) is 94.7 cm³/mol. The predicted octanol–water partition coefficient (Wildman–Crippen LogP) is 3.60. The van der Waals surface area contributed by atoms with E-state index in [4.69, 9.17) is 21.6 Å². The monoisotopic (exact) mass is 355 g/mol. The van der Waals surface area contributed by atoms with Gasteiger partial charge >= 0.3 is 0 Å². The van der Waals surface area contributed by atoms with Gasteiger partial charge in [-0.15, -0.1) is 0 Å². The zero-order valence-corrected chi connectivity index (χ0v) is 14.7. The molecule has 0 N–H and O–H groups in total. The molecule has 1 aromatic heterocycles. The fourth-order valence-electron chi connectivity index (χ4n) is 2.89. The zero-order chi connectivity index (χ0) is 17.8. The second-order valence-corrected chi connectivity index (χ2v) is 6.50. The molecule has 1 fully saturated rings. The first-order valence-electron chi connectivity index (χ1n) is 8.15. The average Bonchev–Trinajstić information content (AvgIpc) is 2.63. The number of likely N-dealkylation sites (tertiary alicyclic amines) is 1. The number of pyridine rings is 1. The third kappa shape index (κ3) is 4.09. The smallest absolute Gasteiger partial charge is 0.272 e. The molecule has 2 heterocycles. The molecule has 0 aliphatic carbocycles. The summed E-state index contributed by atoms with van der Waals surface area (Å²) in [6.07, 6.45) is 3.06. The van der Waals surface area contributed by atoms with E-state index < -0.39 is 0 Å². The number of nitriles is 1. The van der Waals surface area contributed by atoms with Crippen molar-refractivity contribution in [3.63, 3.8) is 0 Å². The summed E-state index contributed by atoms with van der Waals surface area (Å²) < 4.78 is 5.95. The Balaban J connectivity index is 1.59. The molecule has 128 valence electrons. The summed E-state index contributed by atoms with van der Waals surface area (Å²) in [6, 6.07) is 11.0. The molecule has 25 heavy (non-hydrogen) atoms. The maximum Gasteiger partial charge on any atom is 0.272 e. The molecule has 0 spiro atoms. The zero-order valence-electron chi connectivity index (χ0n) is 13.9. The van der Waals surface area contributed by atoms with Crippen LogP contribution in [0.5, 0.6) is 5.75 Å². The molecule has 0 unspecified atom stereocenters. The number of aromatic nitrogens is 1. The molecule has 1 aliphatic rings. The van der Waals surface area contributed by atoms with Gasteiger partial charge in [0.05, 0.1) is 5.56 Å². The Labute approximate surface area is 151 Å². The Kier molecular flexibility index (Phi) is 5.20. The van der Waals surface area contributed by atoms with Crippen molar-refractivity contribution in [2.45, 2.75) is 25.9 Å². The number of rotatable bonds is 3. The largest absolute Gasteiger partial charge is 0.490 e. The molecule has 1 aliphatic heterocycles. The highest BCUT2D eigenvalue weighted by Gasteiger charge is 2.26. The number of nitrogens with zero attached hydrogens (tertiary/aromatic N) is 3. The first kappa shape index (κ1) is 17.2. The molecule has 3 rings (SSSR count). The van der Waals surface area contributed by atoms with Crippen LogP contribution in [0.3, 0.4) is 0 Å². The van der Waals surface area contributed by atoms with Crippen molar-refractivity contribution in [2.75, 3.05) is 13.1 Å². The Hall–Kier alpha value is -2.58. The number of piperidine rings is 1. The van der Waals surface area contributed by atoms with E-state index in [2.05, 4.69) is 4.98 Å². The standard InChI is InChI=1S/C19H18ClN3O2/c1-13-10-14(11-21)12-22-18(13)19(24)23-8-6-17(7-9-23)25-16-4-2-15(20)3-5-16/h2-5,10,12,17H,6-9H2,1H3. The highest BCUT2D eigenvalue weighted by molar-refractivity contribution is 6.30. The molecular weight excluding hydrogens is 338 g/mol. The van der Waals surface area contributed by atoms with Crippen LogP contribution in [0.25, 0.3) is 0 Å². The summed E-state index contributed by atoms with van der Waals surface area (Å²) in [5.41, 5.74) is 1.60. The number of benzene rings is 1. The minimum absolute atomic E-state index is 0.0836. The van der Waals surface area contributed by atoms with E-state index in [1.165, 1.54) is 6.20 Å². The number of aryl methyl sites for hydroxylation is 1. The Morgan fingerprint density at radius 1 is 1.32 bits per heavy atom. The van der Waals surface area contributed by atoms with Gasteiger partial charge in [0.1, 0.15) is 23.6 Å². The molecule has 1 amide bonds. The molecule has 0 saturated carbocycles. The number of ether oxygens (including phenoxy) is 1. The Morgan fingerprint density at radius 3 is 2.60 bits per heavy atom. The van der Waals surface area contributed by atoms with Crippen molar-refractivity contribution in [3.05, 3.63) is 58.4 Å². The summed E-state index contributed by atoms with van der Waals surface area (Å²) in [5, 5.41) is 9.58. The van der Waals surface area contributed by atoms with E-state index in [1.54, 1.807) is 30.0 Å².